The number of nitrogens with zero attached hydrogens (tertiary/aromatic N) is 1. The van der Waals surface area contributed by atoms with E-state index in [9.17, 15) is 0 Å². The molecular weight excluding hydrogens is 374 g/mol. The molecule has 0 saturated carbocycles. The highest BCUT2D eigenvalue weighted by atomic mass is 14.7. The fourth-order valence-electron chi connectivity index (χ4n) is 5.46. The Morgan fingerprint density at radius 1 is 0.677 bits per heavy atom. The van der Waals surface area contributed by atoms with Crippen LogP contribution in [0.3, 0.4) is 0 Å². The van der Waals surface area contributed by atoms with Gasteiger partial charge in [0, 0.05) is 22.6 Å². The molecule has 0 radical (unpaired) electrons. The largest absolute Gasteiger partial charge is 0.256 e. The van der Waals surface area contributed by atoms with Gasteiger partial charge in [-0.1, -0.05) is 87.5 Å². The van der Waals surface area contributed by atoms with Crippen LogP contribution >= 0.6 is 0 Å². The number of hydrogen-bond donors (Lipinski definition) is 0. The molecule has 0 amide bonds. The molecule has 1 aliphatic rings. The molecule has 1 nitrogen and oxygen atoms in total. The van der Waals surface area contributed by atoms with Gasteiger partial charge in [-0.2, -0.15) is 0 Å². The van der Waals surface area contributed by atoms with E-state index in [1.165, 1.54) is 54.9 Å². The van der Waals surface area contributed by atoms with Crippen molar-refractivity contribution in [3.63, 3.8) is 0 Å². The van der Waals surface area contributed by atoms with Crippen LogP contribution in [0.2, 0.25) is 0 Å². The van der Waals surface area contributed by atoms with Gasteiger partial charge in [0.1, 0.15) is 0 Å². The standard InChI is InChI=1S/C30H25N/c1-4-19-17-26-23-11-7-8-12-27(23)30(2,3)28(26)18-25(19)29-24-14-13-20-9-5-6-10-21(20)22(24)15-16-31-29/h5-18H,4H2,1-3H3. The zero-order valence-electron chi connectivity index (χ0n) is 18.2. The van der Waals surface area contributed by atoms with Crippen molar-refractivity contribution < 1.29 is 0 Å². The quantitative estimate of drug-likeness (QED) is 0.275. The predicted molar refractivity (Wildman–Crippen MR) is 132 cm³/mol. The maximum atomic E-state index is 4.91. The van der Waals surface area contributed by atoms with Gasteiger partial charge < -0.3 is 0 Å². The molecule has 0 spiro atoms. The Balaban J connectivity index is 1.66. The fraction of sp³-hybridized carbons (Fsp3) is 0.167. The summed E-state index contributed by atoms with van der Waals surface area (Å²) < 4.78 is 0. The molecule has 1 aromatic heterocycles. The molecule has 0 unspecified atom stereocenters. The van der Waals surface area contributed by atoms with E-state index in [0.717, 1.165) is 12.1 Å². The molecule has 0 bridgehead atoms. The molecular formula is C30H25N. The molecule has 0 saturated heterocycles. The van der Waals surface area contributed by atoms with Gasteiger partial charge >= 0.3 is 0 Å². The number of aryl methyl sites for hydroxylation is 1. The van der Waals surface area contributed by atoms with Crippen molar-refractivity contribution in [1.82, 2.24) is 4.98 Å². The molecule has 6 rings (SSSR count). The number of aromatic nitrogens is 1. The topological polar surface area (TPSA) is 12.9 Å². The smallest absolute Gasteiger partial charge is 0.0783 e. The van der Waals surface area contributed by atoms with Gasteiger partial charge in [0.25, 0.3) is 0 Å². The van der Waals surface area contributed by atoms with E-state index in [1.54, 1.807) is 0 Å². The first-order valence-corrected chi connectivity index (χ1v) is 11.1. The van der Waals surface area contributed by atoms with Crippen LogP contribution in [0, 0.1) is 0 Å². The minimum atomic E-state index is -0.00969. The lowest BCUT2D eigenvalue weighted by atomic mass is 9.81. The Labute approximate surface area is 183 Å². The molecule has 4 aromatic carbocycles. The molecule has 0 fully saturated rings. The molecule has 31 heavy (non-hydrogen) atoms. The average molecular weight is 400 g/mol. The van der Waals surface area contributed by atoms with Gasteiger partial charge in [-0.15, -0.1) is 0 Å². The van der Waals surface area contributed by atoms with E-state index in [0.29, 0.717) is 0 Å². The predicted octanol–water partition coefficient (Wildman–Crippen LogP) is 7.92. The number of rotatable bonds is 2. The summed E-state index contributed by atoms with van der Waals surface area (Å²) in [7, 11) is 0. The lowest BCUT2D eigenvalue weighted by Gasteiger charge is -2.23. The maximum absolute atomic E-state index is 4.91. The number of benzene rings is 4. The van der Waals surface area contributed by atoms with Crippen LogP contribution < -0.4 is 0 Å². The van der Waals surface area contributed by atoms with E-state index in [2.05, 4.69) is 99.6 Å². The second-order valence-corrected chi connectivity index (χ2v) is 9.12. The minimum absolute atomic E-state index is 0.00969. The first kappa shape index (κ1) is 18.3. The van der Waals surface area contributed by atoms with E-state index in [1.807, 2.05) is 6.20 Å². The van der Waals surface area contributed by atoms with Crippen LogP contribution in [0.5, 0.6) is 0 Å². The normalized spacial score (nSPS) is 14.0. The van der Waals surface area contributed by atoms with Crippen LogP contribution in [0.15, 0.2) is 85.1 Å². The van der Waals surface area contributed by atoms with Crippen LogP contribution in [-0.4, -0.2) is 4.98 Å². The maximum Gasteiger partial charge on any atom is 0.0783 e. The molecule has 0 N–H and O–H groups in total. The van der Waals surface area contributed by atoms with Crippen molar-refractivity contribution >= 4 is 21.5 Å². The molecule has 1 heteroatoms. The molecule has 0 aliphatic heterocycles. The molecule has 1 aliphatic carbocycles. The van der Waals surface area contributed by atoms with Gasteiger partial charge in [0.2, 0.25) is 0 Å². The lowest BCUT2D eigenvalue weighted by molar-refractivity contribution is 0.660. The average Bonchev–Trinajstić information content (AvgIpc) is 3.04. The number of pyridine rings is 1. The van der Waals surface area contributed by atoms with Crippen molar-refractivity contribution in [3.05, 3.63) is 102 Å². The van der Waals surface area contributed by atoms with Gasteiger partial charge in [-0.3, -0.25) is 4.98 Å². The highest BCUT2D eigenvalue weighted by Crippen LogP contribution is 2.50. The minimum Gasteiger partial charge on any atom is -0.256 e. The third-order valence-electron chi connectivity index (χ3n) is 7.11. The van der Waals surface area contributed by atoms with E-state index < -0.39 is 0 Å². The summed E-state index contributed by atoms with van der Waals surface area (Å²) in [6.07, 6.45) is 2.95. The van der Waals surface area contributed by atoms with Crippen molar-refractivity contribution in [2.24, 2.45) is 0 Å². The van der Waals surface area contributed by atoms with Crippen molar-refractivity contribution in [1.29, 1.82) is 0 Å². The van der Waals surface area contributed by atoms with Crippen molar-refractivity contribution in [2.45, 2.75) is 32.6 Å². The highest BCUT2D eigenvalue weighted by molar-refractivity contribution is 6.11. The summed E-state index contributed by atoms with van der Waals surface area (Å²) in [4.78, 5) is 4.91. The summed E-state index contributed by atoms with van der Waals surface area (Å²) in [6, 6.07) is 28.9. The second-order valence-electron chi connectivity index (χ2n) is 9.12. The molecule has 1 heterocycles. The number of hydrogen-bond acceptors (Lipinski definition) is 1. The zero-order valence-corrected chi connectivity index (χ0v) is 18.2. The molecule has 0 atom stereocenters. The second kappa shape index (κ2) is 6.52. The van der Waals surface area contributed by atoms with Gasteiger partial charge in [0.05, 0.1) is 5.69 Å². The third-order valence-corrected chi connectivity index (χ3v) is 7.11. The van der Waals surface area contributed by atoms with Crippen LogP contribution in [0.4, 0.5) is 0 Å². The summed E-state index contributed by atoms with van der Waals surface area (Å²) in [5.41, 5.74) is 9.29. The summed E-state index contributed by atoms with van der Waals surface area (Å²) >= 11 is 0. The third kappa shape index (κ3) is 2.53. The Hall–Kier alpha value is -3.45. The first-order chi connectivity index (χ1) is 15.1. The van der Waals surface area contributed by atoms with Crippen LogP contribution in [0.25, 0.3) is 43.9 Å². The monoisotopic (exact) mass is 399 g/mol. The molecule has 5 aromatic rings. The van der Waals surface area contributed by atoms with Crippen LogP contribution in [0.1, 0.15) is 37.5 Å². The Kier molecular flexibility index (Phi) is 3.86. The molecule has 150 valence electrons. The lowest BCUT2D eigenvalue weighted by Crippen LogP contribution is -2.15. The summed E-state index contributed by atoms with van der Waals surface area (Å²) in [5.74, 6) is 0. The number of fused-ring (bicyclic) bond motifs is 6. The Bertz CT molecular complexity index is 1490. The van der Waals surface area contributed by atoms with E-state index >= 15 is 0 Å². The first-order valence-electron chi connectivity index (χ1n) is 11.1. The SMILES string of the molecule is CCc1cc2c(cc1-c1nccc3c1ccc1ccccc13)C(C)(C)c1ccccc1-2. The highest BCUT2D eigenvalue weighted by Gasteiger charge is 2.36. The van der Waals surface area contributed by atoms with Gasteiger partial charge in [-0.05, 0) is 62.5 Å². The Morgan fingerprint density at radius 3 is 2.35 bits per heavy atom. The van der Waals surface area contributed by atoms with Gasteiger partial charge in [-0.25, -0.2) is 0 Å². The van der Waals surface area contributed by atoms with Crippen LogP contribution in [-0.2, 0) is 11.8 Å². The Morgan fingerprint density at radius 2 is 1.48 bits per heavy atom. The van der Waals surface area contributed by atoms with E-state index in [4.69, 9.17) is 4.98 Å². The van der Waals surface area contributed by atoms with Crippen molar-refractivity contribution in [2.75, 3.05) is 0 Å². The summed E-state index contributed by atoms with van der Waals surface area (Å²) in [5, 5.41) is 5.06. The summed E-state index contributed by atoms with van der Waals surface area (Å²) in [6.45, 7) is 6.94. The van der Waals surface area contributed by atoms with E-state index in [-0.39, 0.29) is 5.41 Å². The van der Waals surface area contributed by atoms with Gasteiger partial charge in [0.15, 0.2) is 0 Å². The fourth-order valence-corrected chi connectivity index (χ4v) is 5.46. The zero-order chi connectivity index (χ0) is 21.2. The van der Waals surface area contributed by atoms with Crippen molar-refractivity contribution in [3.8, 4) is 22.4 Å².